The Balaban J connectivity index is 2.03. The van der Waals surface area contributed by atoms with E-state index in [-0.39, 0.29) is 17.9 Å². The van der Waals surface area contributed by atoms with Gasteiger partial charge in [-0.2, -0.15) is 0 Å². The standard InChI is InChI=1S/C24H32N2O2S/c1-5-19(3)25-24(28)20(4)26(17-21-9-7-6-8-10-21)23(27)15-16-29-22-13-11-18(2)12-14-22/h6-14,19-20H,5,15-17H2,1-4H3,(H,25,28). The number of hydrogen-bond acceptors (Lipinski definition) is 3. The van der Waals surface area contributed by atoms with E-state index in [2.05, 4.69) is 36.5 Å². The van der Waals surface area contributed by atoms with Gasteiger partial charge in [0.15, 0.2) is 0 Å². The maximum Gasteiger partial charge on any atom is 0.242 e. The summed E-state index contributed by atoms with van der Waals surface area (Å²) in [6.07, 6.45) is 1.25. The summed E-state index contributed by atoms with van der Waals surface area (Å²) in [5, 5.41) is 3.00. The van der Waals surface area contributed by atoms with E-state index in [1.807, 2.05) is 51.1 Å². The minimum atomic E-state index is -0.513. The van der Waals surface area contributed by atoms with Crippen molar-refractivity contribution in [2.45, 2.75) is 64.1 Å². The maximum absolute atomic E-state index is 13.0. The van der Waals surface area contributed by atoms with Crippen molar-refractivity contribution in [3.05, 3.63) is 65.7 Å². The molecule has 1 N–H and O–H groups in total. The zero-order valence-corrected chi connectivity index (χ0v) is 18.7. The fraction of sp³-hybridized carbons (Fsp3) is 0.417. The van der Waals surface area contributed by atoms with E-state index in [0.717, 1.165) is 16.9 Å². The van der Waals surface area contributed by atoms with Gasteiger partial charge in [0, 0.05) is 29.7 Å². The van der Waals surface area contributed by atoms with E-state index < -0.39 is 6.04 Å². The Morgan fingerprint density at radius 2 is 1.69 bits per heavy atom. The van der Waals surface area contributed by atoms with Gasteiger partial charge in [0.1, 0.15) is 6.04 Å². The van der Waals surface area contributed by atoms with Crippen LogP contribution in [0, 0.1) is 6.92 Å². The lowest BCUT2D eigenvalue weighted by Crippen LogP contribution is -2.49. The van der Waals surface area contributed by atoms with Crippen molar-refractivity contribution in [1.82, 2.24) is 10.2 Å². The molecule has 4 nitrogen and oxygen atoms in total. The van der Waals surface area contributed by atoms with Crippen molar-refractivity contribution in [2.75, 3.05) is 5.75 Å². The highest BCUT2D eigenvalue weighted by atomic mass is 32.2. The van der Waals surface area contributed by atoms with Gasteiger partial charge in [-0.15, -0.1) is 11.8 Å². The lowest BCUT2D eigenvalue weighted by Gasteiger charge is -2.29. The molecule has 2 aromatic carbocycles. The molecular formula is C24H32N2O2S. The van der Waals surface area contributed by atoms with E-state index in [9.17, 15) is 9.59 Å². The highest BCUT2D eigenvalue weighted by Crippen LogP contribution is 2.20. The molecule has 0 saturated heterocycles. The van der Waals surface area contributed by atoms with Crippen LogP contribution in [0.4, 0.5) is 0 Å². The lowest BCUT2D eigenvalue weighted by atomic mass is 10.1. The molecule has 2 atom stereocenters. The van der Waals surface area contributed by atoms with Gasteiger partial charge in [0.25, 0.3) is 0 Å². The number of rotatable bonds is 10. The van der Waals surface area contributed by atoms with Crippen LogP contribution in [0.15, 0.2) is 59.5 Å². The fourth-order valence-corrected chi connectivity index (χ4v) is 3.70. The maximum atomic E-state index is 13.0. The van der Waals surface area contributed by atoms with E-state index in [1.54, 1.807) is 16.7 Å². The summed E-state index contributed by atoms with van der Waals surface area (Å²) >= 11 is 1.67. The number of amides is 2. The van der Waals surface area contributed by atoms with E-state index in [4.69, 9.17) is 0 Å². The zero-order chi connectivity index (χ0) is 21.2. The Morgan fingerprint density at radius 1 is 1.03 bits per heavy atom. The van der Waals surface area contributed by atoms with Crippen molar-refractivity contribution in [1.29, 1.82) is 0 Å². The molecule has 0 spiro atoms. The highest BCUT2D eigenvalue weighted by molar-refractivity contribution is 7.99. The number of benzene rings is 2. The van der Waals surface area contributed by atoms with E-state index in [0.29, 0.717) is 18.7 Å². The van der Waals surface area contributed by atoms with Gasteiger partial charge in [-0.1, -0.05) is 55.0 Å². The predicted molar refractivity (Wildman–Crippen MR) is 121 cm³/mol. The second-order valence-corrected chi connectivity index (χ2v) is 8.58. The first-order chi connectivity index (χ1) is 13.9. The van der Waals surface area contributed by atoms with Gasteiger partial charge in [0.05, 0.1) is 0 Å². The molecule has 5 heteroatoms. The Kier molecular flexibility index (Phi) is 9.26. The molecule has 0 saturated carbocycles. The highest BCUT2D eigenvalue weighted by Gasteiger charge is 2.26. The first kappa shape index (κ1) is 23.0. The molecule has 156 valence electrons. The first-order valence-corrected chi connectivity index (χ1v) is 11.2. The Labute approximate surface area is 179 Å². The molecule has 0 radical (unpaired) electrons. The number of hydrogen-bond donors (Lipinski definition) is 1. The summed E-state index contributed by atoms with van der Waals surface area (Å²) in [7, 11) is 0. The van der Waals surface area contributed by atoms with Crippen LogP contribution >= 0.6 is 11.8 Å². The second-order valence-electron chi connectivity index (χ2n) is 7.41. The SMILES string of the molecule is CCC(C)NC(=O)C(C)N(Cc1ccccc1)C(=O)CCSc1ccc(C)cc1. The molecule has 2 amide bonds. The molecule has 2 aromatic rings. The molecule has 0 aliphatic heterocycles. The van der Waals surface area contributed by atoms with Gasteiger partial charge >= 0.3 is 0 Å². The van der Waals surface area contributed by atoms with Crippen LogP contribution in [0.1, 0.15) is 44.7 Å². The van der Waals surface area contributed by atoms with Crippen molar-refractivity contribution < 1.29 is 9.59 Å². The summed E-state index contributed by atoms with van der Waals surface area (Å²) in [5.41, 5.74) is 2.25. The average Bonchev–Trinajstić information content (AvgIpc) is 2.73. The lowest BCUT2D eigenvalue weighted by molar-refractivity contribution is -0.140. The molecule has 0 aliphatic rings. The molecule has 29 heavy (non-hydrogen) atoms. The van der Waals surface area contributed by atoms with Crippen molar-refractivity contribution in [3.63, 3.8) is 0 Å². The molecule has 0 aliphatic carbocycles. The quantitative estimate of drug-likeness (QED) is 0.570. The van der Waals surface area contributed by atoms with Crippen LogP contribution in [0.25, 0.3) is 0 Å². The smallest absolute Gasteiger partial charge is 0.242 e. The van der Waals surface area contributed by atoms with Gasteiger partial charge in [-0.05, 0) is 44.9 Å². The molecule has 0 fully saturated rings. The Morgan fingerprint density at radius 3 is 2.31 bits per heavy atom. The van der Waals surface area contributed by atoms with Crippen molar-refractivity contribution in [3.8, 4) is 0 Å². The average molecular weight is 413 g/mol. The zero-order valence-electron chi connectivity index (χ0n) is 17.9. The number of thioether (sulfide) groups is 1. The third kappa shape index (κ3) is 7.58. The molecule has 2 rings (SSSR count). The summed E-state index contributed by atoms with van der Waals surface area (Å²) in [6, 6.07) is 17.7. The van der Waals surface area contributed by atoms with Crippen molar-refractivity contribution in [2.24, 2.45) is 0 Å². The number of nitrogens with zero attached hydrogens (tertiary/aromatic N) is 1. The summed E-state index contributed by atoms with van der Waals surface area (Å²) < 4.78 is 0. The fourth-order valence-electron chi connectivity index (χ4n) is 2.86. The van der Waals surface area contributed by atoms with Crippen LogP contribution in [-0.2, 0) is 16.1 Å². The largest absolute Gasteiger partial charge is 0.352 e. The number of carbonyl (C=O) groups is 2. The Hall–Kier alpha value is -2.27. The van der Waals surface area contributed by atoms with E-state index >= 15 is 0 Å². The van der Waals surface area contributed by atoms with Crippen LogP contribution in [0.3, 0.4) is 0 Å². The predicted octanol–water partition coefficient (Wildman–Crippen LogP) is 4.81. The minimum Gasteiger partial charge on any atom is -0.352 e. The number of aryl methyl sites for hydroxylation is 1. The second kappa shape index (κ2) is 11.7. The molecule has 2 unspecified atom stereocenters. The summed E-state index contributed by atoms with van der Waals surface area (Å²) in [6.45, 7) is 8.32. The first-order valence-electron chi connectivity index (χ1n) is 10.2. The van der Waals surface area contributed by atoms with Crippen molar-refractivity contribution >= 4 is 23.6 Å². The molecule has 0 bridgehead atoms. The summed E-state index contributed by atoms with van der Waals surface area (Å²) in [4.78, 5) is 28.5. The van der Waals surface area contributed by atoms with Gasteiger partial charge in [0.2, 0.25) is 11.8 Å². The van der Waals surface area contributed by atoms with Gasteiger partial charge < -0.3 is 10.2 Å². The topological polar surface area (TPSA) is 49.4 Å². The molecule has 0 heterocycles. The monoisotopic (exact) mass is 412 g/mol. The number of carbonyl (C=O) groups excluding carboxylic acids is 2. The molecule has 0 aromatic heterocycles. The van der Waals surface area contributed by atoms with Crippen LogP contribution in [0.5, 0.6) is 0 Å². The van der Waals surface area contributed by atoms with Crippen LogP contribution in [0.2, 0.25) is 0 Å². The van der Waals surface area contributed by atoms with Gasteiger partial charge in [-0.3, -0.25) is 9.59 Å². The third-order valence-corrected chi connectivity index (χ3v) is 5.98. The Bertz CT molecular complexity index is 777. The normalized spacial score (nSPS) is 12.8. The van der Waals surface area contributed by atoms with Crippen LogP contribution < -0.4 is 5.32 Å². The summed E-state index contributed by atoms with van der Waals surface area (Å²) in [5.74, 6) is 0.586. The third-order valence-electron chi connectivity index (χ3n) is 4.97. The minimum absolute atomic E-state index is 0.000247. The van der Waals surface area contributed by atoms with Crippen LogP contribution in [-0.4, -0.2) is 34.6 Å². The molecular weight excluding hydrogens is 380 g/mol. The number of nitrogens with one attached hydrogen (secondary N) is 1. The van der Waals surface area contributed by atoms with E-state index in [1.165, 1.54) is 5.56 Å². The van der Waals surface area contributed by atoms with Gasteiger partial charge in [-0.25, -0.2) is 0 Å².